The maximum Gasteiger partial charge on any atom is 0.338 e. The summed E-state index contributed by atoms with van der Waals surface area (Å²) in [5.74, 6) is -0.396. The minimum atomic E-state index is -0.535. The first-order valence-electron chi connectivity index (χ1n) is 10.9. The Hall–Kier alpha value is -3.28. The monoisotopic (exact) mass is 421 g/mol. The van der Waals surface area contributed by atoms with Crippen molar-refractivity contribution in [3.05, 3.63) is 77.0 Å². The molecule has 2 amide bonds. The van der Waals surface area contributed by atoms with Crippen molar-refractivity contribution in [2.45, 2.75) is 46.2 Å². The summed E-state index contributed by atoms with van der Waals surface area (Å²) in [4.78, 5) is 27.3. The summed E-state index contributed by atoms with van der Waals surface area (Å²) < 4.78 is 5.29. The van der Waals surface area contributed by atoms with E-state index in [1.165, 1.54) is 5.56 Å². The van der Waals surface area contributed by atoms with Crippen molar-refractivity contribution in [3.63, 3.8) is 0 Å². The summed E-state index contributed by atoms with van der Waals surface area (Å²) >= 11 is 0. The normalized spacial score (nSPS) is 15.8. The molecule has 2 aromatic rings. The number of allylic oxidation sites excluding steroid dienone is 1. The van der Waals surface area contributed by atoms with Crippen molar-refractivity contribution >= 4 is 17.7 Å². The van der Waals surface area contributed by atoms with E-state index in [1.807, 2.05) is 49.4 Å². The Balaban J connectivity index is 1.88. The molecule has 2 aromatic carbocycles. The fraction of sp³-hybridized carbons (Fsp3) is 0.360. The Morgan fingerprint density at radius 2 is 1.74 bits per heavy atom. The summed E-state index contributed by atoms with van der Waals surface area (Å²) in [5, 5.41) is 5.68. The molecular weight excluding hydrogens is 390 g/mol. The van der Waals surface area contributed by atoms with Gasteiger partial charge in [0.05, 0.1) is 18.2 Å². The van der Waals surface area contributed by atoms with Crippen molar-refractivity contribution in [2.24, 2.45) is 0 Å². The van der Waals surface area contributed by atoms with E-state index in [0.29, 0.717) is 17.7 Å². The number of rotatable bonds is 9. The van der Waals surface area contributed by atoms with E-state index in [4.69, 9.17) is 4.74 Å². The molecule has 1 aliphatic rings. The fourth-order valence-electron chi connectivity index (χ4n) is 3.83. The Morgan fingerprint density at radius 1 is 1.03 bits per heavy atom. The van der Waals surface area contributed by atoms with Crippen LogP contribution in [-0.4, -0.2) is 25.2 Å². The summed E-state index contributed by atoms with van der Waals surface area (Å²) in [6.07, 6.45) is 1.42. The van der Waals surface area contributed by atoms with Gasteiger partial charge in [-0.2, -0.15) is 0 Å². The van der Waals surface area contributed by atoms with Crippen LogP contribution in [0, 0.1) is 0 Å². The number of amides is 2. The van der Waals surface area contributed by atoms with Crippen LogP contribution in [-0.2, 0) is 16.1 Å². The molecule has 3 rings (SSSR count). The summed E-state index contributed by atoms with van der Waals surface area (Å²) in [5.41, 5.74) is 4.30. The van der Waals surface area contributed by atoms with Crippen LogP contribution >= 0.6 is 0 Å². The number of hydrogen-bond donors (Lipinski definition) is 2. The second-order valence-corrected chi connectivity index (χ2v) is 7.49. The third-order valence-corrected chi connectivity index (χ3v) is 5.34. The van der Waals surface area contributed by atoms with Gasteiger partial charge in [-0.05, 0) is 43.5 Å². The van der Waals surface area contributed by atoms with Crippen LogP contribution in [0.5, 0.6) is 0 Å². The summed E-state index contributed by atoms with van der Waals surface area (Å²) in [6, 6.07) is 17.5. The van der Waals surface area contributed by atoms with Gasteiger partial charge in [-0.15, -0.1) is 0 Å². The second-order valence-electron chi connectivity index (χ2n) is 7.49. The number of ether oxygens (including phenoxy) is 1. The van der Waals surface area contributed by atoms with E-state index in [2.05, 4.69) is 34.6 Å². The molecule has 0 aromatic heterocycles. The molecule has 6 heteroatoms. The van der Waals surface area contributed by atoms with Crippen LogP contribution in [0.1, 0.15) is 50.8 Å². The van der Waals surface area contributed by atoms with Gasteiger partial charge in [0, 0.05) is 24.5 Å². The maximum atomic E-state index is 12.7. The van der Waals surface area contributed by atoms with E-state index >= 15 is 0 Å². The number of esters is 1. The lowest BCUT2D eigenvalue weighted by atomic mass is 9.93. The van der Waals surface area contributed by atoms with Crippen LogP contribution in [0.2, 0.25) is 0 Å². The van der Waals surface area contributed by atoms with Gasteiger partial charge in [0.1, 0.15) is 0 Å². The number of carbonyl (C=O) groups excluding carboxylic acids is 2. The van der Waals surface area contributed by atoms with E-state index in [0.717, 1.165) is 30.8 Å². The number of anilines is 1. The number of urea groups is 1. The predicted molar refractivity (Wildman–Crippen MR) is 123 cm³/mol. The average molecular weight is 422 g/mol. The van der Waals surface area contributed by atoms with Gasteiger partial charge in [0.15, 0.2) is 0 Å². The Kier molecular flexibility index (Phi) is 7.70. The Labute approximate surface area is 184 Å². The van der Waals surface area contributed by atoms with Gasteiger partial charge in [0.25, 0.3) is 0 Å². The summed E-state index contributed by atoms with van der Waals surface area (Å²) in [7, 11) is 0. The van der Waals surface area contributed by atoms with Crippen molar-refractivity contribution in [1.82, 2.24) is 10.6 Å². The predicted octanol–water partition coefficient (Wildman–Crippen LogP) is 4.68. The number of nitrogens with one attached hydrogen (secondary N) is 2. The summed E-state index contributed by atoms with van der Waals surface area (Å²) in [6.45, 7) is 7.89. The third-order valence-electron chi connectivity index (χ3n) is 5.34. The molecule has 31 heavy (non-hydrogen) atoms. The highest BCUT2D eigenvalue weighted by atomic mass is 16.5. The Bertz CT molecular complexity index is 923. The lowest BCUT2D eigenvalue weighted by molar-refractivity contribution is -0.139. The molecular formula is C25H31N3O3. The molecule has 0 aliphatic carbocycles. The van der Waals surface area contributed by atoms with E-state index in [1.54, 1.807) is 6.92 Å². The second kappa shape index (κ2) is 10.7. The van der Waals surface area contributed by atoms with Crippen LogP contribution in [0.3, 0.4) is 0 Å². The molecule has 0 saturated carbocycles. The standard InChI is InChI=1S/C25H31N3O3/c1-4-10-21-22(24(29)31-6-3)23(27-25(30)26-21)19-13-15-20(16-14-19)28(5-2)17-18-11-8-7-9-12-18/h7-9,11-16,23H,4-6,10,17H2,1-3H3,(H2,26,27,30). The highest BCUT2D eigenvalue weighted by molar-refractivity contribution is 5.95. The molecule has 164 valence electrons. The van der Waals surface area contributed by atoms with E-state index in [-0.39, 0.29) is 12.6 Å². The first-order valence-corrected chi connectivity index (χ1v) is 10.9. The minimum Gasteiger partial charge on any atom is -0.463 e. The number of hydrogen-bond acceptors (Lipinski definition) is 4. The first kappa shape index (κ1) is 22.4. The lowest BCUT2D eigenvalue weighted by Crippen LogP contribution is -2.46. The van der Waals surface area contributed by atoms with Crippen molar-refractivity contribution < 1.29 is 14.3 Å². The van der Waals surface area contributed by atoms with Crippen molar-refractivity contribution in [1.29, 1.82) is 0 Å². The molecule has 0 bridgehead atoms. The van der Waals surface area contributed by atoms with Gasteiger partial charge < -0.3 is 20.3 Å². The van der Waals surface area contributed by atoms with Crippen LogP contribution < -0.4 is 15.5 Å². The van der Waals surface area contributed by atoms with Gasteiger partial charge in [0.2, 0.25) is 0 Å². The fourth-order valence-corrected chi connectivity index (χ4v) is 3.83. The zero-order chi connectivity index (χ0) is 22.2. The SMILES string of the molecule is CCCC1=C(C(=O)OCC)C(c2ccc(N(CC)Cc3ccccc3)cc2)NC(=O)N1. The molecule has 0 radical (unpaired) electrons. The topological polar surface area (TPSA) is 70.7 Å². The molecule has 1 unspecified atom stereocenters. The molecule has 0 spiro atoms. The van der Waals surface area contributed by atoms with Crippen molar-refractivity contribution in [3.8, 4) is 0 Å². The molecule has 1 heterocycles. The lowest BCUT2D eigenvalue weighted by Gasteiger charge is -2.30. The minimum absolute atomic E-state index is 0.284. The van der Waals surface area contributed by atoms with Crippen molar-refractivity contribution in [2.75, 3.05) is 18.1 Å². The zero-order valence-corrected chi connectivity index (χ0v) is 18.5. The van der Waals surface area contributed by atoms with Gasteiger partial charge in [-0.3, -0.25) is 0 Å². The molecule has 0 saturated heterocycles. The Morgan fingerprint density at radius 3 is 2.35 bits per heavy atom. The number of nitrogens with zero attached hydrogens (tertiary/aromatic N) is 1. The zero-order valence-electron chi connectivity index (χ0n) is 18.5. The van der Waals surface area contributed by atoms with E-state index in [9.17, 15) is 9.59 Å². The third kappa shape index (κ3) is 5.45. The van der Waals surface area contributed by atoms with Crippen LogP contribution in [0.25, 0.3) is 0 Å². The maximum absolute atomic E-state index is 12.7. The van der Waals surface area contributed by atoms with Crippen LogP contribution in [0.4, 0.5) is 10.5 Å². The number of benzene rings is 2. The highest BCUT2D eigenvalue weighted by Crippen LogP contribution is 2.31. The molecule has 1 aliphatic heterocycles. The molecule has 1 atom stereocenters. The number of carbonyl (C=O) groups is 2. The first-order chi connectivity index (χ1) is 15.1. The quantitative estimate of drug-likeness (QED) is 0.577. The average Bonchev–Trinajstić information content (AvgIpc) is 2.78. The molecule has 6 nitrogen and oxygen atoms in total. The van der Waals surface area contributed by atoms with Crippen LogP contribution in [0.15, 0.2) is 65.9 Å². The smallest absolute Gasteiger partial charge is 0.338 e. The molecule has 2 N–H and O–H groups in total. The van der Waals surface area contributed by atoms with Gasteiger partial charge in [-0.25, -0.2) is 9.59 Å². The molecule has 0 fully saturated rings. The highest BCUT2D eigenvalue weighted by Gasteiger charge is 2.33. The van der Waals surface area contributed by atoms with Gasteiger partial charge in [-0.1, -0.05) is 55.8 Å². The van der Waals surface area contributed by atoms with Gasteiger partial charge >= 0.3 is 12.0 Å². The largest absolute Gasteiger partial charge is 0.463 e. The van der Waals surface area contributed by atoms with E-state index < -0.39 is 12.0 Å².